The first-order valence-corrected chi connectivity index (χ1v) is 5.19. The number of ether oxygens (including phenoxy) is 2. The summed E-state index contributed by atoms with van der Waals surface area (Å²) < 4.78 is 10.6. The van der Waals surface area contributed by atoms with Crippen molar-refractivity contribution >= 4 is 0 Å². The van der Waals surface area contributed by atoms with Gasteiger partial charge in [0.25, 0.3) is 0 Å². The summed E-state index contributed by atoms with van der Waals surface area (Å²) in [5.41, 5.74) is -0.554. The standard InChI is InChI=1S/C10H18O3/c11-10(4-1-5-13-8-10)9-2-6-12-7-3-9/h9,11H,1-8H2. The molecule has 0 spiro atoms. The smallest absolute Gasteiger partial charge is 0.0910 e. The van der Waals surface area contributed by atoms with Crippen molar-refractivity contribution in [3.05, 3.63) is 0 Å². The van der Waals surface area contributed by atoms with Crippen molar-refractivity contribution in [3.63, 3.8) is 0 Å². The predicted octanol–water partition coefficient (Wildman–Crippen LogP) is 0.954. The first kappa shape index (κ1) is 9.44. The summed E-state index contributed by atoms with van der Waals surface area (Å²) in [6.45, 7) is 2.93. The molecule has 76 valence electrons. The van der Waals surface area contributed by atoms with E-state index in [1.807, 2.05) is 0 Å². The number of hydrogen-bond donors (Lipinski definition) is 1. The molecule has 2 aliphatic heterocycles. The van der Waals surface area contributed by atoms with E-state index < -0.39 is 5.60 Å². The fourth-order valence-corrected chi connectivity index (χ4v) is 2.36. The Hall–Kier alpha value is -0.120. The molecule has 3 nitrogen and oxygen atoms in total. The van der Waals surface area contributed by atoms with Crippen molar-refractivity contribution in [2.45, 2.75) is 31.3 Å². The normalized spacial score (nSPS) is 37.6. The summed E-state index contributed by atoms with van der Waals surface area (Å²) in [7, 11) is 0. The highest BCUT2D eigenvalue weighted by molar-refractivity contribution is 4.89. The number of rotatable bonds is 1. The third-order valence-electron chi connectivity index (χ3n) is 3.23. The Morgan fingerprint density at radius 1 is 1.08 bits per heavy atom. The molecule has 0 aromatic rings. The van der Waals surface area contributed by atoms with Crippen LogP contribution in [0.3, 0.4) is 0 Å². The molecule has 3 heteroatoms. The highest BCUT2D eigenvalue weighted by Gasteiger charge is 2.39. The molecule has 13 heavy (non-hydrogen) atoms. The maximum Gasteiger partial charge on any atom is 0.0910 e. The molecule has 0 aromatic heterocycles. The van der Waals surface area contributed by atoms with Gasteiger partial charge in [0.15, 0.2) is 0 Å². The van der Waals surface area contributed by atoms with Crippen LogP contribution in [0.15, 0.2) is 0 Å². The van der Waals surface area contributed by atoms with Gasteiger partial charge in [0.2, 0.25) is 0 Å². The monoisotopic (exact) mass is 186 g/mol. The van der Waals surface area contributed by atoms with Gasteiger partial charge in [0, 0.05) is 19.8 Å². The van der Waals surface area contributed by atoms with Crippen molar-refractivity contribution in [1.82, 2.24) is 0 Å². The molecule has 2 aliphatic rings. The molecular formula is C10H18O3. The Bertz CT molecular complexity index is 158. The van der Waals surface area contributed by atoms with Gasteiger partial charge < -0.3 is 14.6 Å². The van der Waals surface area contributed by atoms with Gasteiger partial charge in [0.1, 0.15) is 0 Å². The van der Waals surface area contributed by atoms with Crippen LogP contribution < -0.4 is 0 Å². The molecule has 2 rings (SSSR count). The van der Waals surface area contributed by atoms with E-state index in [1.54, 1.807) is 0 Å². The summed E-state index contributed by atoms with van der Waals surface area (Å²) in [5, 5.41) is 10.3. The quantitative estimate of drug-likeness (QED) is 0.662. The molecule has 0 saturated carbocycles. The average Bonchev–Trinajstić information content (AvgIpc) is 2.20. The van der Waals surface area contributed by atoms with Crippen LogP contribution in [0.1, 0.15) is 25.7 Å². The first-order chi connectivity index (χ1) is 6.31. The SMILES string of the molecule is OC1(C2CCOCC2)CCCOC1. The Morgan fingerprint density at radius 3 is 2.46 bits per heavy atom. The molecule has 0 aliphatic carbocycles. The summed E-state index contributed by atoms with van der Waals surface area (Å²) >= 11 is 0. The predicted molar refractivity (Wildman–Crippen MR) is 48.5 cm³/mol. The van der Waals surface area contributed by atoms with E-state index in [9.17, 15) is 5.11 Å². The zero-order chi connectivity index (χ0) is 9.15. The van der Waals surface area contributed by atoms with Crippen LogP contribution in [0.5, 0.6) is 0 Å². The van der Waals surface area contributed by atoms with Gasteiger partial charge in [-0.1, -0.05) is 0 Å². The lowest BCUT2D eigenvalue weighted by Gasteiger charge is -2.40. The minimum atomic E-state index is -0.554. The topological polar surface area (TPSA) is 38.7 Å². The second kappa shape index (κ2) is 3.95. The van der Waals surface area contributed by atoms with Crippen LogP contribution >= 0.6 is 0 Å². The van der Waals surface area contributed by atoms with Crippen LogP contribution in [0.25, 0.3) is 0 Å². The van der Waals surface area contributed by atoms with E-state index in [4.69, 9.17) is 9.47 Å². The van der Waals surface area contributed by atoms with Crippen molar-refractivity contribution in [1.29, 1.82) is 0 Å². The van der Waals surface area contributed by atoms with Crippen LogP contribution in [0, 0.1) is 5.92 Å². The summed E-state index contributed by atoms with van der Waals surface area (Å²) in [6.07, 6.45) is 3.87. The molecule has 0 aromatic carbocycles. The van der Waals surface area contributed by atoms with Crippen LogP contribution in [0.2, 0.25) is 0 Å². The summed E-state index contributed by atoms with van der Waals surface area (Å²) in [6, 6.07) is 0. The van der Waals surface area contributed by atoms with Crippen molar-refractivity contribution in [2.24, 2.45) is 5.92 Å². The molecule has 1 atom stereocenters. The Kier molecular flexibility index (Phi) is 2.86. The van der Waals surface area contributed by atoms with Gasteiger partial charge in [-0.25, -0.2) is 0 Å². The Balaban J connectivity index is 1.94. The molecule has 2 heterocycles. The molecule has 0 amide bonds. The largest absolute Gasteiger partial charge is 0.387 e. The molecule has 2 saturated heterocycles. The Labute approximate surface area is 79.0 Å². The first-order valence-electron chi connectivity index (χ1n) is 5.19. The van der Waals surface area contributed by atoms with Gasteiger partial charge in [-0.15, -0.1) is 0 Å². The minimum absolute atomic E-state index is 0.390. The van der Waals surface area contributed by atoms with E-state index in [0.717, 1.165) is 45.5 Å². The van der Waals surface area contributed by atoms with Gasteiger partial charge in [-0.2, -0.15) is 0 Å². The zero-order valence-electron chi connectivity index (χ0n) is 8.00. The van der Waals surface area contributed by atoms with Gasteiger partial charge in [-0.05, 0) is 31.6 Å². The molecule has 0 bridgehead atoms. The lowest BCUT2D eigenvalue weighted by atomic mass is 9.78. The fraction of sp³-hybridized carbons (Fsp3) is 1.00. The van der Waals surface area contributed by atoms with Crippen LogP contribution in [0.4, 0.5) is 0 Å². The fourth-order valence-electron chi connectivity index (χ4n) is 2.36. The minimum Gasteiger partial charge on any atom is -0.387 e. The molecule has 0 radical (unpaired) electrons. The highest BCUT2D eigenvalue weighted by Crippen LogP contribution is 2.33. The van der Waals surface area contributed by atoms with E-state index in [1.165, 1.54) is 0 Å². The van der Waals surface area contributed by atoms with Crippen molar-refractivity contribution in [2.75, 3.05) is 26.4 Å². The Morgan fingerprint density at radius 2 is 1.85 bits per heavy atom. The second-order valence-corrected chi connectivity index (χ2v) is 4.15. The molecule has 1 N–H and O–H groups in total. The van der Waals surface area contributed by atoms with Gasteiger partial charge in [0.05, 0.1) is 12.2 Å². The maximum atomic E-state index is 10.3. The third kappa shape index (κ3) is 2.03. The lowest BCUT2D eigenvalue weighted by Crippen LogP contribution is -2.47. The van der Waals surface area contributed by atoms with Crippen LogP contribution in [-0.2, 0) is 9.47 Å². The summed E-state index contributed by atoms with van der Waals surface area (Å²) in [4.78, 5) is 0. The number of aliphatic hydroxyl groups is 1. The lowest BCUT2D eigenvalue weighted by molar-refractivity contribution is -0.139. The number of hydrogen-bond acceptors (Lipinski definition) is 3. The van der Waals surface area contributed by atoms with E-state index in [0.29, 0.717) is 12.5 Å². The van der Waals surface area contributed by atoms with E-state index >= 15 is 0 Å². The molecule has 1 unspecified atom stereocenters. The van der Waals surface area contributed by atoms with Gasteiger partial charge in [-0.3, -0.25) is 0 Å². The van der Waals surface area contributed by atoms with Gasteiger partial charge >= 0.3 is 0 Å². The maximum absolute atomic E-state index is 10.3. The second-order valence-electron chi connectivity index (χ2n) is 4.15. The van der Waals surface area contributed by atoms with E-state index in [-0.39, 0.29) is 0 Å². The van der Waals surface area contributed by atoms with E-state index in [2.05, 4.69) is 0 Å². The molecule has 2 fully saturated rings. The average molecular weight is 186 g/mol. The van der Waals surface area contributed by atoms with Crippen LogP contribution in [-0.4, -0.2) is 37.1 Å². The van der Waals surface area contributed by atoms with Crippen molar-refractivity contribution < 1.29 is 14.6 Å². The van der Waals surface area contributed by atoms with Crippen molar-refractivity contribution in [3.8, 4) is 0 Å². The third-order valence-corrected chi connectivity index (χ3v) is 3.23. The highest BCUT2D eigenvalue weighted by atomic mass is 16.5. The summed E-state index contributed by atoms with van der Waals surface area (Å²) in [5.74, 6) is 0.390. The zero-order valence-corrected chi connectivity index (χ0v) is 8.00. The molecular weight excluding hydrogens is 168 g/mol.